The lowest BCUT2D eigenvalue weighted by Crippen LogP contribution is -2.26. The summed E-state index contributed by atoms with van der Waals surface area (Å²) in [5, 5.41) is 4.97. The third-order valence-electron chi connectivity index (χ3n) is 4.34. The number of aromatic amines is 1. The van der Waals surface area contributed by atoms with Crippen LogP contribution in [0, 0.1) is 0 Å². The zero-order valence-electron chi connectivity index (χ0n) is 14.8. The van der Waals surface area contributed by atoms with E-state index in [1.54, 1.807) is 29.0 Å². The van der Waals surface area contributed by atoms with Crippen molar-refractivity contribution in [2.75, 3.05) is 7.05 Å². The smallest absolute Gasteiger partial charge is 0.257 e. The van der Waals surface area contributed by atoms with Gasteiger partial charge in [0.05, 0.1) is 35.9 Å². The predicted molar refractivity (Wildman–Crippen MR) is 105 cm³/mol. The molecule has 2 heterocycles. The zero-order valence-corrected chi connectivity index (χ0v) is 15.5. The quantitative estimate of drug-likeness (QED) is 0.574. The molecule has 1 amide bonds. The van der Waals surface area contributed by atoms with Crippen LogP contribution in [0.3, 0.4) is 0 Å². The van der Waals surface area contributed by atoms with E-state index in [1.807, 2.05) is 48.5 Å². The Morgan fingerprint density at radius 1 is 1.19 bits per heavy atom. The van der Waals surface area contributed by atoms with Crippen molar-refractivity contribution in [1.29, 1.82) is 0 Å². The highest BCUT2D eigenvalue weighted by atomic mass is 35.5. The lowest BCUT2D eigenvalue weighted by atomic mass is 10.2. The van der Waals surface area contributed by atoms with E-state index >= 15 is 0 Å². The summed E-state index contributed by atoms with van der Waals surface area (Å²) in [7, 11) is 1.75. The zero-order chi connectivity index (χ0) is 18.8. The number of imidazole rings is 1. The van der Waals surface area contributed by atoms with Gasteiger partial charge in [0.2, 0.25) is 0 Å². The molecule has 0 aliphatic heterocycles. The molecule has 0 aliphatic carbocycles. The highest BCUT2D eigenvalue weighted by molar-refractivity contribution is 6.31. The number of benzene rings is 2. The molecule has 0 radical (unpaired) electrons. The van der Waals surface area contributed by atoms with E-state index in [9.17, 15) is 4.79 Å². The maximum atomic E-state index is 12.7. The molecule has 0 spiro atoms. The number of halogens is 1. The molecule has 1 N–H and O–H groups in total. The molecule has 4 rings (SSSR count). The molecule has 4 aromatic rings. The molecule has 6 nitrogen and oxygen atoms in total. The fourth-order valence-corrected chi connectivity index (χ4v) is 3.15. The molecule has 0 unspecified atom stereocenters. The van der Waals surface area contributed by atoms with Crippen LogP contribution in [0.2, 0.25) is 5.02 Å². The monoisotopic (exact) mass is 379 g/mol. The first-order valence-electron chi connectivity index (χ1n) is 8.55. The van der Waals surface area contributed by atoms with Crippen LogP contribution in [-0.2, 0) is 13.1 Å². The average molecular weight is 380 g/mol. The van der Waals surface area contributed by atoms with Crippen LogP contribution < -0.4 is 0 Å². The molecule has 0 atom stereocenters. The summed E-state index contributed by atoms with van der Waals surface area (Å²) in [6.45, 7) is 0.906. The minimum absolute atomic E-state index is 0.110. The number of para-hydroxylation sites is 2. The Balaban J connectivity index is 1.46. The van der Waals surface area contributed by atoms with Crippen LogP contribution >= 0.6 is 11.6 Å². The number of H-pyrrole nitrogens is 1. The van der Waals surface area contributed by atoms with E-state index in [0.29, 0.717) is 23.7 Å². The normalized spacial score (nSPS) is 11.0. The van der Waals surface area contributed by atoms with E-state index < -0.39 is 0 Å². The van der Waals surface area contributed by atoms with Gasteiger partial charge in [-0.05, 0) is 23.8 Å². The van der Waals surface area contributed by atoms with Crippen molar-refractivity contribution in [3.05, 3.63) is 82.9 Å². The number of fused-ring (bicyclic) bond motifs is 1. The van der Waals surface area contributed by atoms with E-state index in [1.165, 1.54) is 0 Å². The molecule has 0 aliphatic rings. The standard InChI is InChI=1S/C20H18ClN5O/c1-25(13-19-23-17-8-4-5-9-18(17)24-19)20(27)15-10-22-26(12-15)11-14-6-2-3-7-16(14)21/h2-10,12H,11,13H2,1H3,(H,23,24). The van der Waals surface area contributed by atoms with Crippen LogP contribution in [0.15, 0.2) is 60.9 Å². The maximum Gasteiger partial charge on any atom is 0.257 e. The average Bonchev–Trinajstić information content (AvgIpc) is 3.29. The van der Waals surface area contributed by atoms with Crippen molar-refractivity contribution >= 4 is 28.5 Å². The first-order chi connectivity index (χ1) is 13.1. The van der Waals surface area contributed by atoms with Crippen LogP contribution in [0.4, 0.5) is 0 Å². The second kappa shape index (κ2) is 7.25. The molecule has 27 heavy (non-hydrogen) atoms. The summed E-state index contributed by atoms with van der Waals surface area (Å²) in [5.41, 5.74) is 3.33. The maximum absolute atomic E-state index is 12.7. The van der Waals surface area contributed by atoms with E-state index in [0.717, 1.165) is 22.4 Å². The third-order valence-corrected chi connectivity index (χ3v) is 4.71. The molecule has 0 bridgehead atoms. The van der Waals surface area contributed by atoms with Gasteiger partial charge >= 0.3 is 0 Å². The van der Waals surface area contributed by atoms with E-state index in [-0.39, 0.29) is 5.91 Å². The van der Waals surface area contributed by atoms with Crippen LogP contribution in [0.25, 0.3) is 11.0 Å². The number of nitrogens with one attached hydrogen (secondary N) is 1. The van der Waals surface area contributed by atoms with Crippen molar-refractivity contribution in [3.8, 4) is 0 Å². The van der Waals surface area contributed by atoms with Crippen LogP contribution in [0.1, 0.15) is 21.7 Å². The van der Waals surface area contributed by atoms with Gasteiger partial charge in [0.1, 0.15) is 5.82 Å². The summed E-state index contributed by atoms with van der Waals surface area (Å²) < 4.78 is 1.71. The minimum atomic E-state index is -0.110. The second-order valence-corrected chi connectivity index (χ2v) is 6.79. The summed E-state index contributed by atoms with van der Waals surface area (Å²) in [6.07, 6.45) is 3.31. The number of hydrogen-bond donors (Lipinski definition) is 1. The number of amides is 1. The number of rotatable bonds is 5. The Kier molecular flexibility index (Phi) is 4.64. The van der Waals surface area contributed by atoms with Crippen molar-refractivity contribution in [2.45, 2.75) is 13.1 Å². The molecule has 0 fully saturated rings. The number of aromatic nitrogens is 4. The van der Waals surface area contributed by atoms with Crippen molar-refractivity contribution in [2.24, 2.45) is 0 Å². The van der Waals surface area contributed by atoms with Crippen molar-refractivity contribution < 1.29 is 4.79 Å². The van der Waals surface area contributed by atoms with Gasteiger partial charge in [-0.3, -0.25) is 9.48 Å². The first kappa shape index (κ1) is 17.3. The van der Waals surface area contributed by atoms with Gasteiger partial charge in [0.25, 0.3) is 5.91 Å². The molecular weight excluding hydrogens is 362 g/mol. The fourth-order valence-electron chi connectivity index (χ4n) is 2.96. The third kappa shape index (κ3) is 3.71. The van der Waals surface area contributed by atoms with Gasteiger partial charge in [0.15, 0.2) is 0 Å². The topological polar surface area (TPSA) is 66.8 Å². The Bertz CT molecular complexity index is 1070. The SMILES string of the molecule is CN(Cc1nc2ccccc2[nH]1)C(=O)c1cnn(Cc2ccccc2Cl)c1. The molecule has 7 heteroatoms. The van der Waals surface area contributed by atoms with Crippen molar-refractivity contribution in [1.82, 2.24) is 24.6 Å². The summed E-state index contributed by atoms with van der Waals surface area (Å²) in [6, 6.07) is 15.4. The summed E-state index contributed by atoms with van der Waals surface area (Å²) in [5.74, 6) is 0.636. The van der Waals surface area contributed by atoms with Crippen molar-refractivity contribution in [3.63, 3.8) is 0 Å². The minimum Gasteiger partial charge on any atom is -0.340 e. The number of nitrogens with zero attached hydrogens (tertiary/aromatic N) is 4. The summed E-state index contributed by atoms with van der Waals surface area (Å²) in [4.78, 5) is 22.1. The van der Waals surface area contributed by atoms with Gasteiger partial charge in [-0.1, -0.05) is 41.9 Å². The Labute approximate surface area is 161 Å². The number of hydrogen-bond acceptors (Lipinski definition) is 3. The lowest BCUT2D eigenvalue weighted by Gasteiger charge is -2.14. The predicted octanol–water partition coefficient (Wildman–Crippen LogP) is 3.73. The Hall–Kier alpha value is -3.12. The molecule has 0 saturated heterocycles. The van der Waals surface area contributed by atoms with Gasteiger partial charge in [-0.2, -0.15) is 5.10 Å². The highest BCUT2D eigenvalue weighted by Crippen LogP contribution is 2.17. The lowest BCUT2D eigenvalue weighted by molar-refractivity contribution is 0.0782. The van der Waals surface area contributed by atoms with E-state index in [2.05, 4.69) is 15.1 Å². The van der Waals surface area contributed by atoms with Crippen LogP contribution in [-0.4, -0.2) is 37.6 Å². The summed E-state index contributed by atoms with van der Waals surface area (Å²) >= 11 is 6.19. The second-order valence-electron chi connectivity index (χ2n) is 6.38. The van der Waals surface area contributed by atoms with Gasteiger partial charge < -0.3 is 9.88 Å². The van der Waals surface area contributed by atoms with Gasteiger partial charge in [0, 0.05) is 18.3 Å². The molecule has 136 valence electrons. The molecule has 0 saturated carbocycles. The van der Waals surface area contributed by atoms with E-state index in [4.69, 9.17) is 11.6 Å². The fraction of sp³-hybridized carbons (Fsp3) is 0.150. The van der Waals surface area contributed by atoms with Gasteiger partial charge in [-0.25, -0.2) is 4.98 Å². The molecule has 2 aromatic carbocycles. The highest BCUT2D eigenvalue weighted by Gasteiger charge is 2.16. The Morgan fingerprint density at radius 3 is 2.78 bits per heavy atom. The number of carbonyl (C=O) groups is 1. The molecular formula is C20H18ClN5O. The number of carbonyl (C=O) groups excluding carboxylic acids is 1. The van der Waals surface area contributed by atoms with Crippen LogP contribution in [0.5, 0.6) is 0 Å². The Morgan fingerprint density at radius 2 is 1.96 bits per heavy atom. The largest absolute Gasteiger partial charge is 0.340 e. The first-order valence-corrected chi connectivity index (χ1v) is 8.93. The van der Waals surface area contributed by atoms with Gasteiger partial charge in [-0.15, -0.1) is 0 Å². The molecule has 2 aromatic heterocycles.